The Hall–Kier alpha value is -1.88. The summed E-state index contributed by atoms with van der Waals surface area (Å²) >= 11 is 0. The van der Waals surface area contributed by atoms with Crippen molar-refractivity contribution in [2.45, 2.75) is 67.9 Å². The van der Waals surface area contributed by atoms with Gasteiger partial charge in [-0.1, -0.05) is 43.9 Å². The van der Waals surface area contributed by atoms with Gasteiger partial charge in [0.2, 0.25) is 0 Å². The molecule has 4 nitrogen and oxygen atoms in total. The van der Waals surface area contributed by atoms with Crippen molar-refractivity contribution in [2.75, 3.05) is 0 Å². The Labute approximate surface area is 160 Å². The maximum absolute atomic E-state index is 12.5. The minimum Gasteiger partial charge on any atom is -0.325 e. The van der Waals surface area contributed by atoms with E-state index in [-0.39, 0.29) is 16.7 Å². The Morgan fingerprint density at radius 1 is 1.00 bits per heavy atom. The minimum absolute atomic E-state index is 0.0446. The van der Waals surface area contributed by atoms with Crippen molar-refractivity contribution in [1.82, 2.24) is 4.98 Å². The van der Waals surface area contributed by atoms with E-state index in [1.54, 1.807) is 12.1 Å². The Balaban J connectivity index is 1.66. The van der Waals surface area contributed by atoms with Gasteiger partial charge in [-0.3, -0.25) is 4.79 Å². The predicted molar refractivity (Wildman–Crippen MR) is 107 cm³/mol. The van der Waals surface area contributed by atoms with E-state index < -0.39 is 9.84 Å². The van der Waals surface area contributed by atoms with E-state index >= 15 is 0 Å². The number of benzene rings is 1. The lowest BCUT2D eigenvalue weighted by Crippen LogP contribution is -2.16. The van der Waals surface area contributed by atoms with Crippen LogP contribution in [0.2, 0.25) is 0 Å². The SMILES string of the molecule is Cc1ccc(C(CC2CCCC2)c2ccc(S(=O)(=O)C3CC3)cc2)[nH]c1=O. The molecule has 1 atom stereocenters. The molecule has 4 rings (SSSR count). The quantitative estimate of drug-likeness (QED) is 0.805. The summed E-state index contributed by atoms with van der Waals surface area (Å²) in [7, 11) is -3.17. The Morgan fingerprint density at radius 3 is 2.26 bits per heavy atom. The van der Waals surface area contributed by atoms with E-state index in [0.29, 0.717) is 16.4 Å². The second-order valence-corrected chi connectivity index (χ2v) is 10.4. The summed E-state index contributed by atoms with van der Waals surface area (Å²) in [4.78, 5) is 15.6. The zero-order chi connectivity index (χ0) is 19.0. The maximum Gasteiger partial charge on any atom is 0.251 e. The highest BCUT2D eigenvalue weighted by atomic mass is 32.2. The third-order valence-corrected chi connectivity index (χ3v) is 8.40. The van der Waals surface area contributed by atoms with Crippen molar-refractivity contribution in [3.8, 4) is 0 Å². The minimum atomic E-state index is -3.17. The zero-order valence-electron chi connectivity index (χ0n) is 15.8. The molecule has 2 aliphatic rings. The largest absolute Gasteiger partial charge is 0.325 e. The normalized spacial score (nSPS) is 19.3. The molecule has 0 amide bonds. The smallest absolute Gasteiger partial charge is 0.251 e. The Morgan fingerprint density at radius 2 is 1.67 bits per heavy atom. The summed E-state index contributed by atoms with van der Waals surface area (Å²) in [6.07, 6.45) is 7.58. The molecular weight excluding hydrogens is 358 g/mol. The molecule has 1 aromatic carbocycles. The van der Waals surface area contributed by atoms with E-state index in [2.05, 4.69) is 4.98 Å². The van der Waals surface area contributed by atoms with Gasteiger partial charge in [-0.15, -0.1) is 0 Å². The molecule has 27 heavy (non-hydrogen) atoms. The summed E-state index contributed by atoms with van der Waals surface area (Å²) in [5.41, 5.74) is 2.67. The maximum atomic E-state index is 12.5. The molecule has 2 aromatic rings. The highest BCUT2D eigenvalue weighted by Gasteiger charge is 2.36. The molecule has 0 spiro atoms. The highest BCUT2D eigenvalue weighted by Crippen LogP contribution is 2.38. The molecule has 1 N–H and O–H groups in total. The van der Waals surface area contributed by atoms with Crippen LogP contribution in [0.4, 0.5) is 0 Å². The molecule has 0 aliphatic heterocycles. The highest BCUT2D eigenvalue weighted by molar-refractivity contribution is 7.92. The van der Waals surface area contributed by atoms with Crippen molar-refractivity contribution in [3.05, 3.63) is 63.6 Å². The molecule has 1 aromatic heterocycles. The van der Waals surface area contributed by atoms with Crippen LogP contribution in [0.15, 0.2) is 46.1 Å². The fourth-order valence-corrected chi connectivity index (χ4v) is 5.90. The van der Waals surface area contributed by atoms with E-state index in [1.165, 1.54) is 25.7 Å². The molecule has 0 saturated heterocycles. The van der Waals surface area contributed by atoms with Crippen LogP contribution >= 0.6 is 0 Å². The topological polar surface area (TPSA) is 67.0 Å². The fourth-order valence-electron chi connectivity index (χ4n) is 4.25. The lowest BCUT2D eigenvalue weighted by Gasteiger charge is -2.22. The molecule has 0 bridgehead atoms. The Kier molecular flexibility index (Phi) is 4.97. The van der Waals surface area contributed by atoms with E-state index in [0.717, 1.165) is 30.5 Å². The third kappa shape index (κ3) is 3.88. The van der Waals surface area contributed by atoms with Crippen LogP contribution in [0, 0.1) is 12.8 Å². The van der Waals surface area contributed by atoms with Crippen molar-refractivity contribution < 1.29 is 8.42 Å². The molecule has 2 fully saturated rings. The van der Waals surface area contributed by atoms with Crippen molar-refractivity contribution in [1.29, 1.82) is 0 Å². The molecule has 1 heterocycles. The van der Waals surface area contributed by atoms with Gasteiger partial charge in [0.15, 0.2) is 9.84 Å². The third-order valence-electron chi connectivity index (χ3n) is 6.12. The first-order chi connectivity index (χ1) is 12.9. The van der Waals surface area contributed by atoms with Gasteiger partial charge in [-0.2, -0.15) is 0 Å². The number of H-pyrrole nitrogens is 1. The molecular formula is C22H27NO3S. The fraction of sp³-hybridized carbons (Fsp3) is 0.500. The first kappa shape index (κ1) is 18.5. The molecule has 5 heteroatoms. The van der Waals surface area contributed by atoms with Crippen LogP contribution in [0.3, 0.4) is 0 Å². The van der Waals surface area contributed by atoms with Crippen LogP contribution in [-0.2, 0) is 9.84 Å². The zero-order valence-corrected chi connectivity index (χ0v) is 16.6. The number of sulfone groups is 1. The molecule has 2 saturated carbocycles. The van der Waals surface area contributed by atoms with Crippen molar-refractivity contribution >= 4 is 9.84 Å². The number of aromatic nitrogens is 1. The predicted octanol–water partition coefficient (Wildman–Crippen LogP) is 4.33. The molecule has 2 aliphatic carbocycles. The first-order valence-electron chi connectivity index (χ1n) is 9.99. The van der Waals surface area contributed by atoms with Gasteiger partial charge >= 0.3 is 0 Å². The average molecular weight is 386 g/mol. The second kappa shape index (κ2) is 7.27. The standard InChI is InChI=1S/C22H27NO3S/c1-15-6-13-21(23-22(15)24)20(14-16-4-2-3-5-16)17-7-9-18(10-8-17)27(25,26)19-11-12-19/h6-10,13,16,19-20H,2-5,11-12,14H2,1H3,(H,23,24). The first-order valence-corrected chi connectivity index (χ1v) is 11.5. The van der Waals surface area contributed by atoms with Crippen molar-refractivity contribution in [2.24, 2.45) is 5.92 Å². The summed E-state index contributed by atoms with van der Waals surface area (Å²) in [6.45, 7) is 1.81. The van der Waals surface area contributed by atoms with E-state index in [1.807, 2.05) is 31.2 Å². The van der Waals surface area contributed by atoms with Gasteiger partial charge in [-0.05, 0) is 55.9 Å². The number of nitrogens with one attached hydrogen (secondary N) is 1. The van der Waals surface area contributed by atoms with Crippen LogP contribution in [0.5, 0.6) is 0 Å². The van der Waals surface area contributed by atoms with E-state index in [4.69, 9.17) is 0 Å². The number of aromatic amines is 1. The number of hydrogen-bond donors (Lipinski definition) is 1. The van der Waals surface area contributed by atoms with E-state index in [9.17, 15) is 13.2 Å². The monoisotopic (exact) mass is 385 g/mol. The molecule has 1 unspecified atom stereocenters. The second-order valence-electron chi connectivity index (χ2n) is 8.18. The average Bonchev–Trinajstić information content (AvgIpc) is 3.41. The van der Waals surface area contributed by atoms with Gasteiger partial charge < -0.3 is 4.98 Å². The van der Waals surface area contributed by atoms with Crippen LogP contribution in [-0.4, -0.2) is 18.7 Å². The van der Waals surface area contributed by atoms with Crippen LogP contribution in [0.1, 0.15) is 67.7 Å². The summed E-state index contributed by atoms with van der Waals surface area (Å²) < 4.78 is 24.9. The van der Waals surface area contributed by atoms with Crippen molar-refractivity contribution in [3.63, 3.8) is 0 Å². The Bertz CT molecular complexity index is 965. The lowest BCUT2D eigenvalue weighted by molar-refractivity contribution is 0.468. The number of hydrogen-bond acceptors (Lipinski definition) is 3. The summed E-state index contributed by atoms with van der Waals surface area (Å²) in [5.74, 6) is 0.758. The number of aryl methyl sites for hydroxylation is 1. The van der Waals surface area contributed by atoms with Gasteiger partial charge in [0, 0.05) is 17.2 Å². The summed E-state index contributed by atoms with van der Waals surface area (Å²) in [5, 5.41) is -0.189. The van der Waals surface area contributed by atoms with Crippen LogP contribution < -0.4 is 5.56 Å². The van der Waals surface area contributed by atoms with Gasteiger partial charge in [-0.25, -0.2) is 8.42 Å². The molecule has 0 radical (unpaired) electrons. The number of rotatable bonds is 6. The molecule has 144 valence electrons. The number of pyridine rings is 1. The summed E-state index contributed by atoms with van der Waals surface area (Å²) in [6, 6.07) is 11.3. The van der Waals surface area contributed by atoms with Gasteiger partial charge in [0.1, 0.15) is 0 Å². The lowest BCUT2D eigenvalue weighted by atomic mass is 9.85. The van der Waals surface area contributed by atoms with Gasteiger partial charge in [0.05, 0.1) is 10.1 Å². The van der Waals surface area contributed by atoms with Crippen LogP contribution in [0.25, 0.3) is 0 Å². The van der Waals surface area contributed by atoms with Gasteiger partial charge in [0.25, 0.3) is 5.56 Å².